The van der Waals surface area contributed by atoms with E-state index in [-0.39, 0.29) is 0 Å². The molecule has 2 rings (SSSR count). The highest BCUT2D eigenvalue weighted by Crippen LogP contribution is 2.20. The summed E-state index contributed by atoms with van der Waals surface area (Å²) < 4.78 is 7.50. The van der Waals surface area contributed by atoms with Gasteiger partial charge in [-0.1, -0.05) is 13.8 Å². The van der Waals surface area contributed by atoms with Gasteiger partial charge in [0.05, 0.1) is 5.69 Å². The maximum Gasteiger partial charge on any atom is 0.0628 e. The molecule has 0 saturated carbocycles. The van der Waals surface area contributed by atoms with E-state index in [9.17, 15) is 0 Å². The van der Waals surface area contributed by atoms with Gasteiger partial charge in [0.25, 0.3) is 0 Å². The first kappa shape index (κ1) is 11.6. The summed E-state index contributed by atoms with van der Waals surface area (Å²) in [5.74, 6) is 1.32. The van der Waals surface area contributed by atoms with Crippen LogP contribution in [0.5, 0.6) is 0 Å². The van der Waals surface area contributed by atoms with E-state index in [1.165, 1.54) is 24.1 Å². The Morgan fingerprint density at radius 2 is 2.12 bits per heavy atom. The van der Waals surface area contributed by atoms with E-state index in [1.54, 1.807) is 0 Å². The first-order chi connectivity index (χ1) is 7.66. The minimum atomic E-state index is 0.573. The molecule has 1 aromatic heterocycles. The van der Waals surface area contributed by atoms with Gasteiger partial charge >= 0.3 is 0 Å². The third-order valence-corrected chi connectivity index (χ3v) is 3.39. The summed E-state index contributed by atoms with van der Waals surface area (Å²) in [6, 6.07) is 0. The minimum Gasteiger partial charge on any atom is -0.381 e. The fourth-order valence-electron chi connectivity index (χ4n) is 2.39. The first-order valence-electron chi connectivity index (χ1n) is 6.28. The molecule has 3 heteroatoms. The standard InChI is InChI=1S/C13H22N2O/c1-10(2)13-9-15(14-11(13)3)8-12-4-6-16-7-5-12/h9-10,12H,4-8H2,1-3H3. The lowest BCUT2D eigenvalue weighted by molar-refractivity contribution is 0.0601. The molecule has 1 saturated heterocycles. The van der Waals surface area contributed by atoms with Gasteiger partial charge in [-0.2, -0.15) is 5.10 Å². The monoisotopic (exact) mass is 222 g/mol. The molecule has 1 fully saturated rings. The van der Waals surface area contributed by atoms with Crippen LogP contribution in [0, 0.1) is 12.8 Å². The van der Waals surface area contributed by atoms with Crippen LogP contribution in [-0.2, 0) is 11.3 Å². The maximum absolute atomic E-state index is 5.37. The van der Waals surface area contributed by atoms with E-state index in [0.717, 1.165) is 25.7 Å². The van der Waals surface area contributed by atoms with Crippen molar-refractivity contribution in [3.05, 3.63) is 17.5 Å². The molecular formula is C13H22N2O. The average Bonchev–Trinajstić information content (AvgIpc) is 2.61. The van der Waals surface area contributed by atoms with E-state index in [1.807, 2.05) is 0 Å². The van der Waals surface area contributed by atoms with Crippen LogP contribution in [0.15, 0.2) is 6.20 Å². The Balaban J connectivity index is 2.01. The molecule has 0 aliphatic carbocycles. The van der Waals surface area contributed by atoms with Gasteiger partial charge in [0, 0.05) is 26.0 Å². The molecule has 1 aliphatic rings. The van der Waals surface area contributed by atoms with E-state index in [4.69, 9.17) is 4.74 Å². The lowest BCUT2D eigenvalue weighted by Crippen LogP contribution is -2.20. The van der Waals surface area contributed by atoms with Crippen LogP contribution < -0.4 is 0 Å². The number of nitrogens with zero attached hydrogens (tertiary/aromatic N) is 2. The number of hydrogen-bond acceptors (Lipinski definition) is 2. The topological polar surface area (TPSA) is 27.1 Å². The molecule has 0 atom stereocenters. The normalized spacial score (nSPS) is 18.2. The fraction of sp³-hybridized carbons (Fsp3) is 0.769. The zero-order valence-electron chi connectivity index (χ0n) is 10.6. The molecule has 0 N–H and O–H groups in total. The highest BCUT2D eigenvalue weighted by molar-refractivity contribution is 5.19. The van der Waals surface area contributed by atoms with Crippen molar-refractivity contribution in [1.82, 2.24) is 9.78 Å². The van der Waals surface area contributed by atoms with E-state index >= 15 is 0 Å². The van der Waals surface area contributed by atoms with E-state index in [0.29, 0.717) is 5.92 Å². The molecule has 3 nitrogen and oxygen atoms in total. The van der Waals surface area contributed by atoms with Crippen molar-refractivity contribution in [1.29, 1.82) is 0 Å². The van der Waals surface area contributed by atoms with Crippen molar-refractivity contribution in [3.8, 4) is 0 Å². The van der Waals surface area contributed by atoms with E-state index in [2.05, 4.69) is 36.7 Å². The minimum absolute atomic E-state index is 0.573. The van der Waals surface area contributed by atoms with Crippen LogP contribution in [0.1, 0.15) is 43.9 Å². The summed E-state index contributed by atoms with van der Waals surface area (Å²) in [4.78, 5) is 0. The SMILES string of the molecule is Cc1nn(CC2CCOCC2)cc1C(C)C. The molecule has 0 radical (unpaired) electrons. The Hall–Kier alpha value is -0.830. The van der Waals surface area contributed by atoms with Gasteiger partial charge in [-0.25, -0.2) is 0 Å². The molecule has 0 amide bonds. The Kier molecular flexibility index (Phi) is 3.64. The van der Waals surface area contributed by atoms with Crippen molar-refractivity contribution < 1.29 is 4.74 Å². The molecular weight excluding hydrogens is 200 g/mol. The fourth-order valence-corrected chi connectivity index (χ4v) is 2.39. The number of ether oxygens (including phenoxy) is 1. The predicted octanol–water partition coefficient (Wildman–Crippen LogP) is 2.74. The van der Waals surface area contributed by atoms with Gasteiger partial charge in [0.1, 0.15) is 0 Å². The summed E-state index contributed by atoms with van der Waals surface area (Å²) in [7, 11) is 0. The van der Waals surface area contributed by atoms with Crippen molar-refractivity contribution in [2.45, 2.75) is 46.1 Å². The second kappa shape index (κ2) is 5.00. The third-order valence-electron chi connectivity index (χ3n) is 3.39. The Morgan fingerprint density at radius 3 is 2.69 bits per heavy atom. The molecule has 0 aromatic carbocycles. The van der Waals surface area contributed by atoms with Gasteiger partial charge in [-0.05, 0) is 37.2 Å². The molecule has 0 spiro atoms. The third kappa shape index (κ3) is 2.64. The average molecular weight is 222 g/mol. The summed E-state index contributed by atoms with van der Waals surface area (Å²) in [6.45, 7) is 9.45. The quantitative estimate of drug-likeness (QED) is 0.786. The van der Waals surface area contributed by atoms with Crippen LogP contribution in [0.2, 0.25) is 0 Å². The van der Waals surface area contributed by atoms with Gasteiger partial charge in [0.2, 0.25) is 0 Å². The smallest absolute Gasteiger partial charge is 0.0628 e. The predicted molar refractivity (Wildman–Crippen MR) is 64.6 cm³/mol. The largest absolute Gasteiger partial charge is 0.381 e. The van der Waals surface area contributed by atoms with Crippen LogP contribution in [0.3, 0.4) is 0 Å². The van der Waals surface area contributed by atoms with Gasteiger partial charge in [-0.15, -0.1) is 0 Å². The highest BCUT2D eigenvalue weighted by atomic mass is 16.5. The Labute approximate surface area is 97.8 Å². The molecule has 0 bridgehead atoms. The molecule has 1 aromatic rings. The summed E-state index contributed by atoms with van der Waals surface area (Å²) in [5, 5.41) is 4.60. The van der Waals surface area contributed by atoms with Crippen molar-refractivity contribution in [2.24, 2.45) is 5.92 Å². The van der Waals surface area contributed by atoms with Gasteiger partial charge in [0.15, 0.2) is 0 Å². The molecule has 1 aliphatic heterocycles. The van der Waals surface area contributed by atoms with Crippen molar-refractivity contribution >= 4 is 0 Å². The summed E-state index contributed by atoms with van der Waals surface area (Å²) >= 11 is 0. The van der Waals surface area contributed by atoms with Crippen molar-refractivity contribution in [3.63, 3.8) is 0 Å². The van der Waals surface area contributed by atoms with Crippen LogP contribution >= 0.6 is 0 Å². The number of rotatable bonds is 3. The Morgan fingerprint density at radius 1 is 1.44 bits per heavy atom. The van der Waals surface area contributed by atoms with E-state index < -0.39 is 0 Å². The second-order valence-electron chi connectivity index (χ2n) is 5.10. The van der Waals surface area contributed by atoms with Crippen molar-refractivity contribution in [2.75, 3.05) is 13.2 Å². The van der Waals surface area contributed by atoms with Crippen LogP contribution in [0.25, 0.3) is 0 Å². The Bertz CT molecular complexity index is 338. The molecule has 90 valence electrons. The van der Waals surface area contributed by atoms with Crippen LogP contribution in [-0.4, -0.2) is 23.0 Å². The zero-order valence-corrected chi connectivity index (χ0v) is 10.6. The van der Waals surface area contributed by atoms with Crippen LogP contribution in [0.4, 0.5) is 0 Å². The lowest BCUT2D eigenvalue weighted by atomic mass is 10.0. The zero-order chi connectivity index (χ0) is 11.5. The lowest BCUT2D eigenvalue weighted by Gasteiger charge is -2.21. The summed E-state index contributed by atoms with van der Waals surface area (Å²) in [6.07, 6.45) is 4.57. The summed E-state index contributed by atoms with van der Waals surface area (Å²) in [5.41, 5.74) is 2.56. The molecule has 16 heavy (non-hydrogen) atoms. The number of hydrogen-bond donors (Lipinski definition) is 0. The second-order valence-corrected chi connectivity index (χ2v) is 5.10. The molecule has 2 heterocycles. The number of aromatic nitrogens is 2. The first-order valence-corrected chi connectivity index (χ1v) is 6.28. The van der Waals surface area contributed by atoms with Gasteiger partial charge < -0.3 is 4.74 Å². The molecule has 0 unspecified atom stereocenters. The van der Waals surface area contributed by atoms with Gasteiger partial charge in [-0.3, -0.25) is 4.68 Å². The number of aryl methyl sites for hydroxylation is 1. The highest BCUT2D eigenvalue weighted by Gasteiger charge is 2.16. The maximum atomic E-state index is 5.37.